The zero-order chi connectivity index (χ0) is 7.84. The summed E-state index contributed by atoms with van der Waals surface area (Å²) in [5.41, 5.74) is 0. The Kier molecular flexibility index (Phi) is 1.59. The van der Waals surface area contributed by atoms with Crippen molar-refractivity contribution in [1.82, 2.24) is 0 Å². The van der Waals surface area contributed by atoms with Gasteiger partial charge in [0.25, 0.3) is 0 Å². The van der Waals surface area contributed by atoms with Crippen LogP contribution in [0.3, 0.4) is 0 Å². The maximum Gasteiger partial charge on any atom is 0.140 e. The van der Waals surface area contributed by atoms with Crippen LogP contribution in [0.25, 0.3) is 0 Å². The van der Waals surface area contributed by atoms with Crippen LogP contribution in [-0.2, 0) is 4.79 Å². The molecule has 0 amide bonds. The molecule has 0 radical (unpaired) electrons. The predicted molar refractivity (Wildman–Crippen MR) is 44.1 cm³/mol. The summed E-state index contributed by atoms with van der Waals surface area (Å²) in [6.07, 6.45) is 7.52. The molecule has 2 bridgehead atoms. The van der Waals surface area contributed by atoms with Gasteiger partial charge in [-0.25, -0.2) is 0 Å². The summed E-state index contributed by atoms with van der Waals surface area (Å²) in [5, 5.41) is 0. The molecule has 0 unspecified atom stereocenters. The van der Waals surface area contributed by atoms with E-state index in [0.29, 0.717) is 17.6 Å². The second-order valence-corrected chi connectivity index (χ2v) is 3.88. The maximum absolute atomic E-state index is 11.4. The van der Waals surface area contributed by atoms with Crippen molar-refractivity contribution in [3.63, 3.8) is 0 Å². The number of hydrogen-bond acceptors (Lipinski definition) is 1. The smallest absolute Gasteiger partial charge is 0.140 e. The number of allylic oxidation sites excluding steroid dienone is 2. The van der Waals surface area contributed by atoms with Gasteiger partial charge < -0.3 is 0 Å². The van der Waals surface area contributed by atoms with E-state index in [9.17, 15) is 4.79 Å². The Labute approximate surface area is 67.5 Å². The number of Topliss-reactive ketones (excluding diaryl/α,β-unsaturated/α-hetero) is 1. The first kappa shape index (κ1) is 7.08. The summed E-state index contributed by atoms with van der Waals surface area (Å²) < 4.78 is 0. The van der Waals surface area contributed by atoms with Crippen LogP contribution in [0.4, 0.5) is 0 Å². The van der Waals surface area contributed by atoms with Gasteiger partial charge in [-0.1, -0.05) is 19.1 Å². The Hall–Kier alpha value is -0.590. The third kappa shape index (κ3) is 1.13. The van der Waals surface area contributed by atoms with Crippen LogP contribution in [0.5, 0.6) is 0 Å². The zero-order valence-electron chi connectivity index (χ0n) is 6.92. The molecule has 0 N–H and O–H groups in total. The van der Waals surface area contributed by atoms with Gasteiger partial charge in [0, 0.05) is 12.3 Å². The molecule has 0 aromatic heterocycles. The SMILES string of the molecule is C[C@@H]1CC(=O)[C@H]2C=C[C@@H]1CC2. The van der Waals surface area contributed by atoms with Crippen LogP contribution in [-0.4, -0.2) is 5.78 Å². The lowest BCUT2D eigenvalue weighted by molar-refractivity contribution is -0.121. The van der Waals surface area contributed by atoms with Gasteiger partial charge in [-0.3, -0.25) is 4.79 Å². The summed E-state index contributed by atoms with van der Waals surface area (Å²) in [7, 11) is 0. The van der Waals surface area contributed by atoms with E-state index in [1.807, 2.05) is 0 Å². The van der Waals surface area contributed by atoms with Crippen molar-refractivity contribution < 1.29 is 4.79 Å². The molecule has 1 nitrogen and oxygen atoms in total. The molecule has 60 valence electrons. The number of fused-ring (bicyclic) bond motifs is 3. The fourth-order valence-electron chi connectivity index (χ4n) is 2.20. The van der Waals surface area contributed by atoms with Crippen molar-refractivity contribution in [3.05, 3.63) is 12.2 Å². The van der Waals surface area contributed by atoms with Crippen LogP contribution in [0.15, 0.2) is 12.2 Å². The molecule has 0 aromatic rings. The Morgan fingerprint density at radius 3 is 2.82 bits per heavy atom. The molecule has 11 heavy (non-hydrogen) atoms. The lowest BCUT2D eigenvalue weighted by Gasteiger charge is -2.18. The van der Waals surface area contributed by atoms with Crippen LogP contribution in [0.2, 0.25) is 0 Å². The Balaban J connectivity index is 2.28. The highest BCUT2D eigenvalue weighted by Gasteiger charge is 2.30. The lowest BCUT2D eigenvalue weighted by Crippen LogP contribution is -2.10. The van der Waals surface area contributed by atoms with Gasteiger partial charge in [0.05, 0.1) is 0 Å². The topological polar surface area (TPSA) is 17.1 Å². The van der Waals surface area contributed by atoms with Gasteiger partial charge in [0.2, 0.25) is 0 Å². The van der Waals surface area contributed by atoms with Crippen LogP contribution >= 0.6 is 0 Å². The van der Waals surface area contributed by atoms with Gasteiger partial charge in [-0.15, -0.1) is 0 Å². The molecule has 3 aliphatic rings. The third-order valence-corrected chi connectivity index (χ3v) is 3.07. The van der Waals surface area contributed by atoms with Crippen molar-refractivity contribution >= 4 is 5.78 Å². The van der Waals surface area contributed by atoms with E-state index >= 15 is 0 Å². The Morgan fingerprint density at radius 1 is 1.36 bits per heavy atom. The van der Waals surface area contributed by atoms with Crippen LogP contribution in [0, 0.1) is 17.8 Å². The molecule has 1 fully saturated rings. The summed E-state index contributed by atoms with van der Waals surface area (Å²) in [5.74, 6) is 2.02. The number of hydrogen-bond donors (Lipinski definition) is 0. The quantitative estimate of drug-likeness (QED) is 0.484. The highest BCUT2D eigenvalue weighted by atomic mass is 16.1. The first-order valence-corrected chi connectivity index (χ1v) is 4.48. The number of rotatable bonds is 0. The molecule has 1 heteroatoms. The van der Waals surface area contributed by atoms with Crippen molar-refractivity contribution in [1.29, 1.82) is 0 Å². The van der Waals surface area contributed by atoms with Crippen molar-refractivity contribution in [3.8, 4) is 0 Å². The molecular weight excluding hydrogens is 136 g/mol. The van der Waals surface area contributed by atoms with E-state index in [2.05, 4.69) is 19.1 Å². The second-order valence-electron chi connectivity index (χ2n) is 3.88. The minimum Gasteiger partial charge on any atom is -0.299 e. The third-order valence-electron chi connectivity index (χ3n) is 3.07. The number of ketones is 1. The minimum atomic E-state index is 0.274. The Morgan fingerprint density at radius 2 is 2.18 bits per heavy atom. The van der Waals surface area contributed by atoms with E-state index in [0.717, 1.165) is 12.8 Å². The fraction of sp³-hybridized carbons (Fsp3) is 0.700. The molecule has 3 atom stereocenters. The standard InChI is InChI=1S/C10H14O/c1-7-6-10(11)9-4-2-8(7)3-5-9/h2,4,7-9H,3,5-6H2,1H3/t7-,8-,9+/m1/s1. The van der Waals surface area contributed by atoms with Crippen molar-refractivity contribution in [2.24, 2.45) is 17.8 Å². The maximum atomic E-state index is 11.4. The second kappa shape index (κ2) is 2.47. The monoisotopic (exact) mass is 150 g/mol. The zero-order valence-corrected chi connectivity index (χ0v) is 6.92. The van der Waals surface area contributed by atoms with Crippen LogP contribution in [0.1, 0.15) is 26.2 Å². The van der Waals surface area contributed by atoms with Crippen LogP contribution < -0.4 is 0 Å². The largest absolute Gasteiger partial charge is 0.299 e. The molecular formula is C10H14O. The molecule has 0 spiro atoms. The summed E-state index contributed by atoms with van der Waals surface area (Å²) in [4.78, 5) is 11.4. The fourth-order valence-corrected chi connectivity index (χ4v) is 2.20. The van der Waals surface area contributed by atoms with Crippen molar-refractivity contribution in [2.45, 2.75) is 26.2 Å². The molecule has 0 heterocycles. The van der Waals surface area contributed by atoms with E-state index in [1.54, 1.807) is 0 Å². The normalized spacial score (nSPS) is 42.6. The van der Waals surface area contributed by atoms with Gasteiger partial charge in [-0.05, 0) is 24.7 Å². The highest BCUT2D eigenvalue weighted by molar-refractivity contribution is 5.83. The molecule has 3 rings (SSSR count). The Bertz CT molecular complexity index is 205. The first-order chi connectivity index (χ1) is 5.27. The average Bonchev–Trinajstić information content (AvgIpc) is 2.22. The lowest BCUT2D eigenvalue weighted by atomic mass is 9.87. The number of carbonyl (C=O) groups excluding carboxylic acids is 1. The highest BCUT2D eigenvalue weighted by Crippen LogP contribution is 2.35. The summed E-state index contributed by atoms with van der Waals surface area (Å²) >= 11 is 0. The number of carbonyl (C=O) groups is 1. The summed E-state index contributed by atoms with van der Waals surface area (Å²) in [6, 6.07) is 0. The van der Waals surface area contributed by atoms with E-state index in [4.69, 9.17) is 0 Å². The first-order valence-electron chi connectivity index (χ1n) is 4.48. The van der Waals surface area contributed by atoms with E-state index in [-0.39, 0.29) is 5.92 Å². The average molecular weight is 150 g/mol. The van der Waals surface area contributed by atoms with Gasteiger partial charge >= 0.3 is 0 Å². The van der Waals surface area contributed by atoms with Gasteiger partial charge in [0.1, 0.15) is 5.78 Å². The molecule has 3 aliphatic carbocycles. The van der Waals surface area contributed by atoms with Crippen molar-refractivity contribution in [2.75, 3.05) is 0 Å². The van der Waals surface area contributed by atoms with E-state index < -0.39 is 0 Å². The molecule has 0 aromatic carbocycles. The van der Waals surface area contributed by atoms with E-state index in [1.165, 1.54) is 6.42 Å². The van der Waals surface area contributed by atoms with Gasteiger partial charge in [-0.2, -0.15) is 0 Å². The summed E-state index contributed by atoms with van der Waals surface area (Å²) in [6.45, 7) is 2.20. The molecule has 0 aliphatic heterocycles. The van der Waals surface area contributed by atoms with Gasteiger partial charge in [0.15, 0.2) is 0 Å². The molecule has 0 saturated heterocycles. The minimum absolute atomic E-state index is 0.274. The molecule has 1 saturated carbocycles. The predicted octanol–water partition coefficient (Wildman–Crippen LogP) is 2.18.